The van der Waals surface area contributed by atoms with E-state index in [0.717, 1.165) is 31.5 Å². The second-order valence-corrected chi connectivity index (χ2v) is 5.14. The molecule has 0 spiro atoms. The summed E-state index contributed by atoms with van der Waals surface area (Å²) in [5.41, 5.74) is 6.36. The Morgan fingerprint density at radius 2 is 2.25 bits per heavy atom. The zero-order chi connectivity index (χ0) is 14.7. The third-order valence-electron chi connectivity index (χ3n) is 3.76. The van der Waals surface area contributed by atoms with Gasteiger partial charge in [0.25, 0.3) is 5.91 Å². The number of hydrogen-bond donors (Lipinski definition) is 2. The van der Waals surface area contributed by atoms with Crippen molar-refractivity contribution in [3.8, 4) is 11.5 Å². The summed E-state index contributed by atoms with van der Waals surface area (Å²) >= 11 is 0. The highest BCUT2D eigenvalue weighted by atomic mass is 16.5. The predicted molar refractivity (Wildman–Crippen MR) is 77.1 cm³/mol. The van der Waals surface area contributed by atoms with Gasteiger partial charge in [0.15, 0.2) is 0 Å². The number of nitrogens with two attached hydrogens (primary N) is 1. The van der Waals surface area contributed by atoms with Crippen LogP contribution in [-0.2, 0) is 6.42 Å². The largest absolute Gasteiger partial charge is 0.507 e. The molecule has 5 nitrogen and oxygen atoms in total. The number of amides is 1. The molecule has 1 unspecified atom stereocenters. The molecule has 1 atom stereocenters. The molecule has 1 heterocycles. The molecule has 3 N–H and O–H groups in total. The van der Waals surface area contributed by atoms with E-state index < -0.39 is 5.91 Å². The fourth-order valence-electron chi connectivity index (χ4n) is 2.72. The summed E-state index contributed by atoms with van der Waals surface area (Å²) in [6, 6.07) is 3.44. The van der Waals surface area contributed by atoms with E-state index in [1.807, 2.05) is 0 Å². The van der Waals surface area contributed by atoms with Crippen LogP contribution in [0.25, 0.3) is 0 Å². The highest BCUT2D eigenvalue weighted by Crippen LogP contribution is 2.32. The van der Waals surface area contributed by atoms with Crippen molar-refractivity contribution in [2.24, 2.45) is 5.73 Å². The van der Waals surface area contributed by atoms with Crippen LogP contribution in [0.4, 0.5) is 0 Å². The van der Waals surface area contributed by atoms with Crippen LogP contribution in [0.3, 0.4) is 0 Å². The zero-order valence-electron chi connectivity index (χ0n) is 12.1. The molecular weight excluding hydrogens is 256 g/mol. The molecule has 1 aromatic rings. The minimum atomic E-state index is -0.617. The number of rotatable bonds is 5. The number of fused-ring (bicyclic) bond motifs is 1. The molecular formula is C15H22N2O3. The number of aromatic hydroxyl groups is 1. The van der Waals surface area contributed by atoms with Crippen LogP contribution in [0.15, 0.2) is 12.1 Å². The molecule has 0 aromatic heterocycles. The highest BCUT2D eigenvalue weighted by molar-refractivity contribution is 5.96. The topological polar surface area (TPSA) is 75.8 Å². The van der Waals surface area contributed by atoms with E-state index in [-0.39, 0.29) is 11.3 Å². The van der Waals surface area contributed by atoms with Gasteiger partial charge in [0, 0.05) is 12.1 Å². The van der Waals surface area contributed by atoms with Crippen LogP contribution in [0.5, 0.6) is 11.5 Å². The smallest absolute Gasteiger partial charge is 0.252 e. The Bertz CT molecular complexity index is 502. The van der Waals surface area contributed by atoms with Crippen LogP contribution in [0, 0.1) is 0 Å². The average Bonchev–Trinajstić information content (AvgIpc) is 2.43. The monoisotopic (exact) mass is 278 g/mol. The Balaban J connectivity index is 2.24. The molecule has 0 saturated carbocycles. The van der Waals surface area contributed by atoms with Crippen molar-refractivity contribution < 1.29 is 14.6 Å². The Labute approximate surface area is 119 Å². The van der Waals surface area contributed by atoms with Gasteiger partial charge in [-0.1, -0.05) is 13.8 Å². The summed E-state index contributed by atoms with van der Waals surface area (Å²) in [5.74, 6) is -0.0831. The molecule has 0 radical (unpaired) electrons. The van der Waals surface area contributed by atoms with Crippen molar-refractivity contribution in [3.05, 3.63) is 23.3 Å². The van der Waals surface area contributed by atoms with Crippen LogP contribution in [0.1, 0.15) is 36.2 Å². The van der Waals surface area contributed by atoms with Gasteiger partial charge in [-0.2, -0.15) is 0 Å². The Kier molecular flexibility index (Phi) is 4.49. The number of ether oxygens (including phenoxy) is 1. The summed E-state index contributed by atoms with van der Waals surface area (Å²) in [7, 11) is 0. The van der Waals surface area contributed by atoms with Gasteiger partial charge in [0.05, 0.1) is 5.56 Å². The van der Waals surface area contributed by atoms with Gasteiger partial charge in [-0.15, -0.1) is 0 Å². The molecule has 0 aliphatic carbocycles. The van der Waals surface area contributed by atoms with Gasteiger partial charge in [0.2, 0.25) is 0 Å². The fourth-order valence-corrected chi connectivity index (χ4v) is 2.72. The van der Waals surface area contributed by atoms with Gasteiger partial charge in [-0.3, -0.25) is 9.69 Å². The molecule has 0 fully saturated rings. The van der Waals surface area contributed by atoms with Gasteiger partial charge >= 0.3 is 0 Å². The Morgan fingerprint density at radius 3 is 2.85 bits per heavy atom. The van der Waals surface area contributed by atoms with E-state index >= 15 is 0 Å². The van der Waals surface area contributed by atoms with E-state index in [2.05, 4.69) is 18.7 Å². The lowest BCUT2D eigenvalue weighted by Crippen LogP contribution is -2.43. The van der Waals surface area contributed by atoms with Crippen molar-refractivity contribution in [2.45, 2.75) is 32.7 Å². The van der Waals surface area contributed by atoms with Gasteiger partial charge < -0.3 is 15.6 Å². The summed E-state index contributed by atoms with van der Waals surface area (Å²) in [6.07, 6.45) is 1.91. The maximum absolute atomic E-state index is 11.3. The summed E-state index contributed by atoms with van der Waals surface area (Å²) in [5, 5.41) is 9.75. The van der Waals surface area contributed by atoms with Gasteiger partial charge in [-0.05, 0) is 37.6 Å². The standard InChI is InChI=1S/C15H22N2O3/c1-3-5-17(4-2)11-6-10-7-12(15(16)19)13(18)8-14(10)20-9-11/h7-8,11,18H,3-6,9H2,1-2H3,(H2,16,19). The first-order chi connectivity index (χ1) is 9.56. The van der Waals surface area contributed by atoms with E-state index in [1.165, 1.54) is 6.07 Å². The fraction of sp³-hybridized carbons (Fsp3) is 0.533. The van der Waals surface area contributed by atoms with Crippen LogP contribution < -0.4 is 10.5 Å². The number of primary amides is 1. The summed E-state index contributed by atoms with van der Waals surface area (Å²) < 4.78 is 5.73. The molecule has 0 saturated heterocycles. The number of nitrogens with zero attached hydrogens (tertiary/aromatic N) is 1. The first-order valence-corrected chi connectivity index (χ1v) is 7.09. The quantitative estimate of drug-likeness (QED) is 0.856. The van der Waals surface area contributed by atoms with Crippen molar-refractivity contribution in [1.82, 2.24) is 4.90 Å². The Hall–Kier alpha value is -1.75. The third-order valence-corrected chi connectivity index (χ3v) is 3.76. The summed E-state index contributed by atoms with van der Waals surface area (Å²) in [4.78, 5) is 13.7. The van der Waals surface area contributed by atoms with Gasteiger partial charge in [-0.25, -0.2) is 0 Å². The number of phenols is 1. The minimum Gasteiger partial charge on any atom is -0.507 e. The second kappa shape index (κ2) is 6.13. The predicted octanol–water partition coefficient (Wildman–Crippen LogP) is 1.53. The third kappa shape index (κ3) is 2.88. The van der Waals surface area contributed by atoms with Crippen molar-refractivity contribution in [1.29, 1.82) is 0 Å². The van der Waals surface area contributed by atoms with Crippen LogP contribution >= 0.6 is 0 Å². The maximum atomic E-state index is 11.3. The normalized spacial score (nSPS) is 17.6. The number of benzene rings is 1. The molecule has 0 bridgehead atoms. The van der Waals surface area contributed by atoms with Crippen molar-refractivity contribution >= 4 is 5.91 Å². The number of carbonyl (C=O) groups excluding carboxylic acids is 1. The minimum absolute atomic E-state index is 0.115. The van der Waals surface area contributed by atoms with Crippen LogP contribution in [0.2, 0.25) is 0 Å². The maximum Gasteiger partial charge on any atom is 0.252 e. The van der Waals surface area contributed by atoms with Crippen molar-refractivity contribution in [2.75, 3.05) is 19.7 Å². The molecule has 1 aliphatic rings. The van der Waals surface area contributed by atoms with E-state index in [0.29, 0.717) is 18.4 Å². The lowest BCUT2D eigenvalue weighted by Gasteiger charge is -2.34. The van der Waals surface area contributed by atoms with Crippen LogP contribution in [-0.4, -0.2) is 41.7 Å². The number of carbonyl (C=O) groups is 1. The second-order valence-electron chi connectivity index (χ2n) is 5.14. The highest BCUT2D eigenvalue weighted by Gasteiger charge is 2.26. The van der Waals surface area contributed by atoms with Crippen molar-refractivity contribution in [3.63, 3.8) is 0 Å². The van der Waals surface area contributed by atoms with E-state index in [4.69, 9.17) is 10.5 Å². The SMILES string of the molecule is CCCN(CC)C1COc2cc(O)c(C(N)=O)cc2C1. The molecule has 1 amide bonds. The lowest BCUT2D eigenvalue weighted by molar-refractivity contribution is 0.0996. The zero-order valence-corrected chi connectivity index (χ0v) is 12.1. The average molecular weight is 278 g/mol. The molecule has 1 aliphatic heterocycles. The van der Waals surface area contributed by atoms with E-state index in [9.17, 15) is 9.90 Å². The molecule has 2 rings (SSSR count). The number of likely N-dealkylation sites (N-methyl/N-ethyl adjacent to an activating group) is 1. The molecule has 110 valence electrons. The summed E-state index contributed by atoms with van der Waals surface area (Å²) in [6.45, 7) is 6.90. The van der Waals surface area contributed by atoms with E-state index in [1.54, 1.807) is 6.07 Å². The molecule has 20 heavy (non-hydrogen) atoms. The molecule has 5 heteroatoms. The first kappa shape index (κ1) is 14.7. The Morgan fingerprint density at radius 1 is 1.50 bits per heavy atom. The molecule has 1 aromatic carbocycles. The lowest BCUT2D eigenvalue weighted by atomic mass is 9.98. The number of hydrogen-bond acceptors (Lipinski definition) is 4. The first-order valence-electron chi connectivity index (χ1n) is 7.09. The van der Waals surface area contributed by atoms with Gasteiger partial charge in [0.1, 0.15) is 18.1 Å².